The lowest BCUT2D eigenvalue weighted by atomic mass is 10.0. The van der Waals surface area contributed by atoms with E-state index >= 15 is 0 Å². The first kappa shape index (κ1) is 23.3. The van der Waals surface area contributed by atoms with E-state index in [4.69, 9.17) is 26.3 Å². The van der Waals surface area contributed by atoms with Crippen molar-refractivity contribution in [1.29, 1.82) is 0 Å². The number of nitrogens with one attached hydrogen (secondary N) is 1. The summed E-state index contributed by atoms with van der Waals surface area (Å²) in [5.41, 5.74) is 4.12. The van der Waals surface area contributed by atoms with Crippen LogP contribution in [0.25, 0.3) is 33.4 Å². The molecule has 5 aromatic rings. The van der Waals surface area contributed by atoms with Crippen LogP contribution < -0.4 is 10.2 Å². The second-order valence-corrected chi connectivity index (χ2v) is 9.04. The largest absolute Gasteiger partial charge is 0.378 e. The Labute approximate surface area is 218 Å². The second kappa shape index (κ2) is 10.1. The number of hydrogen-bond donors (Lipinski definition) is 1. The first-order valence-electron chi connectivity index (χ1n) is 11.9. The molecule has 0 bridgehead atoms. The Balaban J connectivity index is 1.41. The molecule has 1 N–H and O–H groups in total. The van der Waals surface area contributed by atoms with Crippen LogP contribution in [0.4, 0.5) is 21.7 Å². The number of rotatable bonds is 5. The normalized spacial score (nSPS) is 13.6. The molecule has 1 saturated heterocycles. The Kier molecular flexibility index (Phi) is 6.34. The summed E-state index contributed by atoms with van der Waals surface area (Å²) in [6.07, 6.45) is 5.30. The quantitative estimate of drug-likeness (QED) is 0.303. The summed E-state index contributed by atoms with van der Waals surface area (Å²) >= 11 is 6.03. The molecular weight excluding hydrogens is 491 g/mol. The van der Waals surface area contributed by atoms with E-state index in [1.165, 1.54) is 12.1 Å². The Morgan fingerprint density at radius 1 is 0.892 bits per heavy atom. The van der Waals surface area contributed by atoms with Crippen LogP contribution in [0.1, 0.15) is 0 Å². The summed E-state index contributed by atoms with van der Waals surface area (Å²) in [7, 11) is 0. The van der Waals surface area contributed by atoms with Gasteiger partial charge in [-0.05, 0) is 60.2 Å². The van der Waals surface area contributed by atoms with E-state index in [2.05, 4.69) is 26.3 Å². The van der Waals surface area contributed by atoms with Gasteiger partial charge in [-0.1, -0.05) is 17.7 Å². The number of halogens is 2. The molecule has 1 fully saturated rings. The lowest BCUT2D eigenvalue weighted by Gasteiger charge is -2.27. The molecule has 0 unspecified atom stereocenters. The van der Waals surface area contributed by atoms with E-state index in [9.17, 15) is 4.39 Å². The van der Waals surface area contributed by atoms with Crippen LogP contribution in [-0.2, 0) is 4.74 Å². The van der Waals surface area contributed by atoms with Gasteiger partial charge in [-0.3, -0.25) is 4.98 Å². The fourth-order valence-corrected chi connectivity index (χ4v) is 4.45. The van der Waals surface area contributed by atoms with Gasteiger partial charge in [-0.25, -0.2) is 19.3 Å². The van der Waals surface area contributed by atoms with E-state index in [1.807, 2.05) is 42.6 Å². The molecule has 6 rings (SSSR count). The molecule has 0 radical (unpaired) electrons. The van der Waals surface area contributed by atoms with E-state index < -0.39 is 5.82 Å². The topological polar surface area (TPSA) is 76.1 Å². The Bertz CT molecular complexity index is 1560. The number of anilines is 3. The van der Waals surface area contributed by atoms with Crippen molar-refractivity contribution in [3.8, 4) is 22.5 Å². The number of aromatic nitrogens is 4. The third-order valence-corrected chi connectivity index (χ3v) is 6.50. The van der Waals surface area contributed by atoms with Crippen LogP contribution in [0.15, 0.2) is 79.3 Å². The van der Waals surface area contributed by atoms with Crippen molar-refractivity contribution in [1.82, 2.24) is 19.9 Å². The second-order valence-electron chi connectivity index (χ2n) is 8.63. The lowest BCUT2D eigenvalue weighted by molar-refractivity contribution is 0.122. The number of pyridine rings is 2. The summed E-state index contributed by atoms with van der Waals surface area (Å²) in [5, 5.41) is 4.14. The number of morpholine rings is 1. The van der Waals surface area contributed by atoms with Crippen LogP contribution in [0.2, 0.25) is 5.02 Å². The zero-order valence-electron chi connectivity index (χ0n) is 19.7. The molecule has 0 aliphatic carbocycles. The smallest absolute Gasteiger partial charge is 0.163 e. The van der Waals surface area contributed by atoms with Crippen LogP contribution in [0.3, 0.4) is 0 Å². The summed E-state index contributed by atoms with van der Waals surface area (Å²) in [4.78, 5) is 20.7. The number of benzene rings is 2. The number of fused-ring (bicyclic) bond motifs is 1. The van der Waals surface area contributed by atoms with Crippen molar-refractivity contribution < 1.29 is 9.13 Å². The van der Waals surface area contributed by atoms with Gasteiger partial charge in [0.1, 0.15) is 17.5 Å². The summed E-state index contributed by atoms with van der Waals surface area (Å²) in [6, 6.07) is 18.3. The summed E-state index contributed by atoms with van der Waals surface area (Å²) in [6.45, 7) is 3.09. The van der Waals surface area contributed by atoms with Crippen LogP contribution in [0, 0.1) is 5.82 Å². The molecule has 7 nitrogen and oxygen atoms in total. The molecule has 0 atom stereocenters. The van der Waals surface area contributed by atoms with Crippen LogP contribution >= 0.6 is 11.6 Å². The summed E-state index contributed by atoms with van der Waals surface area (Å²) < 4.78 is 19.2. The number of nitrogens with zero attached hydrogens (tertiary/aromatic N) is 5. The van der Waals surface area contributed by atoms with Crippen LogP contribution in [-0.4, -0.2) is 46.2 Å². The van der Waals surface area contributed by atoms with E-state index in [0.717, 1.165) is 46.5 Å². The Hall–Kier alpha value is -4.14. The van der Waals surface area contributed by atoms with Gasteiger partial charge < -0.3 is 15.0 Å². The van der Waals surface area contributed by atoms with Gasteiger partial charge in [0.25, 0.3) is 0 Å². The minimum Gasteiger partial charge on any atom is -0.378 e. The Morgan fingerprint density at radius 2 is 1.76 bits per heavy atom. The molecule has 4 heterocycles. The zero-order chi connectivity index (χ0) is 25.2. The average Bonchev–Trinajstić information content (AvgIpc) is 2.96. The summed E-state index contributed by atoms with van der Waals surface area (Å²) in [5.74, 6) is 1.56. The van der Waals surface area contributed by atoms with Gasteiger partial charge in [0.05, 0.1) is 23.8 Å². The first-order chi connectivity index (χ1) is 18.1. The van der Waals surface area contributed by atoms with Crippen LogP contribution in [0.5, 0.6) is 0 Å². The minimum absolute atomic E-state index is 0.0305. The lowest BCUT2D eigenvalue weighted by Crippen LogP contribution is -2.36. The molecular formula is C28H22ClFN6O. The molecule has 1 aliphatic heterocycles. The molecule has 3 aromatic heterocycles. The molecule has 37 heavy (non-hydrogen) atoms. The molecule has 1 aliphatic rings. The standard InChI is InChI=1S/C28H22ClFN6O/c29-23-15-21(5-6-24(23)30)33-28-22-14-18(19-4-8-26(32-17-19)36-10-12-37-13-11-36)3-7-25(22)34-27(35-28)20-2-1-9-31-16-20/h1-9,14-17H,10-13H2,(H,33,34,35). The van der Waals surface area contributed by atoms with Gasteiger partial charge in [0.15, 0.2) is 5.82 Å². The average molecular weight is 513 g/mol. The SMILES string of the molecule is Fc1ccc(Nc2nc(-c3cccnc3)nc3ccc(-c4ccc(N5CCOCC5)nc4)cc23)cc1Cl. The monoisotopic (exact) mass is 512 g/mol. The van der Waals surface area contributed by atoms with Crippen molar-refractivity contribution in [3.05, 3.63) is 90.1 Å². The van der Waals surface area contributed by atoms with E-state index in [-0.39, 0.29) is 5.02 Å². The zero-order valence-corrected chi connectivity index (χ0v) is 20.5. The maximum Gasteiger partial charge on any atom is 0.163 e. The van der Waals surface area contributed by atoms with E-state index in [1.54, 1.807) is 18.5 Å². The molecule has 184 valence electrons. The number of hydrogen-bond acceptors (Lipinski definition) is 7. The molecule has 0 amide bonds. The van der Waals surface area contributed by atoms with Crippen molar-refractivity contribution in [3.63, 3.8) is 0 Å². The predicted molar refractivity (Wildman–Crippen MR) is 144 cm³/mol. The number of ether oxygens (including phenoxy) is 1. The van der Waals surface area contributed by atoms with Gasteiger partial charge >= 0.3 is 0 Å². The van der Waals surface area contributed by atoms with Gasteiger partial charge in [-0.15, -0.1) is 0 Å². The van der Waals surface area contributed by atoms with Crippen molar-refractivity contribution >= 4 is 39.8 Å². The fourth-order valence-electron chi connectivity index (χ4n) is 4.27. The van der Waals surface area contributed by atoms with Crippen molar-refractivity contribution in [2.24, 2.45) is 0 Å². The van der Waals surface area contributed by atoms with Gasteiger partial charge in [-0.2, -0.15) is 0 Å². The molecule has 2 aromatic carbocycles. The molecule has 0 spiro atoms. The Morgan fingerprint density at radius 3 is 2.51 bits per heavy atom. The van der Waals surface area contributed by atoms with Crippen molar-refractivity contribution in [2.45, 2.75) is 0 Å². The third kappa shape index (κ3) is 4.94. The third-order valence-electron chi connectivity index (χ3n) is 6.21. The van der Waals surface area contributed by atoms with Gasteiger partial charge in [0.2, 0.25) is 0 Å². The highest BCUT2D eigenvalue weighted by atomic mass is 35.5. The van der Waals surface area contributed by atoms with Gasteiger partial charge in [0, 0.05) is 53.9 Å². The van der Waals surface area contributed by atoms with E-state index in [0.29, 0.717) is 30.5 Å². The maximum atomic E-state index is 13.8. The molecule has 9 heteroatoms. The highest BCUT2D eigenvalue weighted by molar-refractivity contribution is 6.31. The predicted octanol–water partition coefficient (Wildman–Crippen LogP) is 6.13. The minimum atomic E-state index is -0.480. The van der Waals surface area contributed by atoms with Crippen molar-refractivity contribution in [2.75, 3.05) is 36.5 Å². The maximum absolute atomic E-state index is 13.8. The molecule has 0 saturated carbocycles. The highest BCUT2D eigenvalue weighted by Gasteiger charge is 2.15. The first-order valence-corrected chi connectivity index (χ1v) is 12.3. The highest BCUT2D eigenvalue weighted by Crippen LogP contribution is 2.32. The fraction of sp³-hybridized carbons (Fsp3) is 0.143.